The molecule has 3 rings (SSSR count). The molecule has 0 aromatic heterocycles. The Morgan fingerprint density at radius 2 is 2.03 bits per heavy atom. The summed E-state index contributed by atoms with van der Waals surface area (Å²) in [4.78, 5) is 27.4. The molecule has 29 heavy (non-hydrogen) atoms. The van der Waals surface area contributed by atoms with Gasteiger partial charge in [0.15, 0.2) is 5.17 Å². The Bertz CT molecular complexity index is 811. The first-order valence-electron chi connectivity index (χ1n) is 9.61. The SMILES string of the molecule is CC(C)(C)OC(=O)N1CCN(Cc2cccc(C=NN=C3NC(=O)CS3)c2)CC1. The van der Waals surface area contributed by atoms with Crippen molar-refractivity contribution in [2.24, 2.45) is 10.2 Å². The maximum absolute atomic E-state index is 12.2. The Morgan fingerprint density at radius 3 is 2.69 bits per heavy atom. The molecular weight excluding hydrogens is 390 g/mol. The van der Waals surface area contributed by atoms with Crippen LogP contribution in [0, 0.1) is 0 Å². The molecule has 0 saturated carbocycles. The van der Waals surface area contributed by atoms with Crippen LogP contribution in [0.1, 0.15) is 31.9 Å². The van der Waals surface area contributed by atoms with E-state index in [1.165, 1.54) is 17.3 Å². The highest BCUT2D eigenvalue weighted by Crippen LogP contribution is 2.14. The lowest BCUT2D eigenvalue weighted by Crippen LogP contribution is -2.49. The number of amidine groups is 1. The van der Waals surface area contributed by atoms with Crippen LogP contribution in [0.25, 0.3) is 0 Å². The smallest absolute Gasteiger partial charge is 0.410 e. The minimum atomic E-state index is -0.469. The van der Waals surface area contributed by atoms with Crippen molar-refractivity contribution in [2.45, 2.75) is 32.9 Å². The van der Waals surface area contributed by atoms with Gasteiger partial charge >= 0.3 is 6.09 Å². The number of thioether (sulfide) groups is 1. The number of ether oxygens (including phenoxy) is 1. The van der Waals surface area contributed by atoms with Gasteiger partial charge in [-0.3, -0.25) is 9.69 Å². The topological polar surface area (TPSA) is 86.6 Å². The molecule has 8 nitrogen and oxygen atoms in total. The van der Waals surface area contributed by atoms with Crippen molar-refractivity contribution in [1.29, 1.82) is 0 Å². The van der Waals surface area contributed by atoms with E-state index < -0.39 is 5.60 Å². The summed E-state index contributed by atoms with van der Waals surface area (Å²) in [5.74, 6) is 0.350. The largest absolute Gasteiger partial charge is 0.444 e. The lowest BCUT2D eigenvalue weighted by molar-refractivity contribution is -0.116. The van der Waals surface area contributed by atoms with Gasteiger partial charge in [-0.05, 0) is 38.0 Å². The number of amides is 2. The molecule has 0 spiro atoms. The fourth-order valence-electron chi connectivity index (χ4n) is 2.97. The quantitative estimate of drug-likeness (QED) is 0.600. The Morgan fingerprint density at radius 1 is 1.28 bits per heavy atom. The Labute approximate surface area is 175 Å². The highest BCUT2D eigenvalue weighted by molar-refractivity contribution is 8.15. The van der Waals surface area contributed by atoms with Crippen LogP contribution in [0.2, 0.25) is 0 Å². The van der Waals surface area contributed by atoms with Crippen LogP contribution in [-0.2, 0) is 16.1 Å². The molecule has 1 N–H and O–H groups in total. The number of nitrogens with one attached hydrogen (secondary N) is 1. The third kappa shape index (κ3) is 6.86. The molecule has 156 valence electrons. The summed E-state index contributed by atoms with van der Waals surface area (Å²) >= 11 is 1.35. The van der Waals surface area contributed by atoms with Gasteiger partial charge in [-0.15, -0.1) is 5.10 Å². The molecule has 0 unspecified atom stereocenters. The highest BCUT2D eigenvalue weighted by Gasteiger charge is 2.25. The van der Waals surface area contributed by atoms with Gasteiger partial charge in [-0.25, -0.2) is 4.79 Å². The van der Waals surface area contributed by atoms with Crippen molar-refractivity contribution < 1.29 is 14.3 Å². The van der Waals surface area contributed by atoms with E-state index in [9.17, 15) is 9.59 Å². The molecule has 2 amide bonds. The second-order valence-corrected chi connectivity index (χ2v) is 8.94. The van der Waals surface area contributed by atoms with Crippen molar-refractivity contribution in [3.05, 3.63) is 35.4 Å². The number of carbonyl (C=O) groups excluding carboxylic acids is 2. The minimum absolute atomic E-state index is 0.0438. The fraction of sp³-hybridized carbons (Fsp3) is 0.500. The second-order valence-electron chi connectivity index (χ2n) is 7.98. The average Bonchev–Trinajstić information content (AvgIpc) is 3.06. The van der Waals surface area contributed by atoms with Crippen molar-refractivity contribution in [3.8, 4) is 0 Å². The van der Waals surface area contributed by atoms with Gasteiger partial charge in [-0.2, -0.15) is 5.10 Å². The highest BCUT2D eigenvalue weighted by atomic mass is 32.2. The lowest BCUT2D eigenvalue weighted by atomic mass is 10.1. The van der Waals surface area contributed by atoms with Gasteiger partial charge in [-0.1, -0.05) is 30.0 Å². The number of benzene rings is 1. The van der Waals surface area contributed by atoms with Crippen LogP contribution >= 0.6 is 11.8 Å². The molecule has 2 fully saturated rings. The first-order chi connectivity index (χ1) is 13.8. The van der Waals surface area contributed by atoms with Crippen LogP contribution in [0.3, 0.4) is 0 Å². The van der Waals surface area contributed by atoms with Crippen LogP contribution in [0.4, 0.5) is 4.79 Å². The van der Waals surface area contributed by atoms with Gasteiger partial charge in [0, 0.05) is 32.7 Å². The van der Waals surface area contributed by atoms with Crippen molar-refractivity contribution in [1.82, 2.24) is 15.1 Å². The first kappa shape index (κ1) is 21.3. The Balaban J connectivity index is 1.50. The fourth-order valence-corrected chi connectivity index (χ4v) is 3.60. The number of carbonyl (C=O) groups is 2. The van der Waals surface area contributed by atoms with E-state index >= 15 is 0 Å². The second kappa shape index (κ2) is 9.41. The van der Waals surface area contributed by atoms with E-state index in [1.807, 2.05) is 32.9 Å². The molecule has 0 radical (unpaired) electrons. The summed E-state index contributed by atoms with van der Waals surface area (Å²) in [7, 11) is 0. The number of piperazine rings is 1. The molecule has 2 heterocycles. The molecule has 2 aliphatic rings. The van der Waals surface area contributed by atoms with Crippen LogP contribution in [-0.4, -0.2) is 70.7 Å². The number of nitrogens with zero attached hydrogens (tertiary/aromatic N) is 4. The van der Waals surface area contributed by atoms with Crippen LogP contribution in [0.5, 0.6) is 0 Å². The van der Waals surface area contributed by atoms with Gasteiger partial charge in [0.2, 0.25) is 5.91 Å². The standard InChI is InChI=1S/C20H27N5O3S/c1-20(2,3)28-19(27)25-9-7-24(8-10-25)13-16-6-4-5-15(11-16)12-21-23-18-22-17(26)14-29-18/h4-6,11-12H,7-10,13-14H2,1-3H3,(H,22,23,26). The predicted octanol–water partition coefficient (Wildman–Crippen LogP) is 2.29. The summed E-state index contributed by atoms with van der Waals surface area (Å²) in [6.45, 7) is 9.40. The summed E-state index contributed by atoms with van der Waals surface area (Å²) in [5, 5.41) is 11.3. The molecule has 1 aromatic rings. The van der Waals surface area contributed by atoms with Gasteiger partial charge in [0.25, 0.3) is 0 Å². The maximum Gasteiger partial charge on any atom is 0.410 e. The number of hydrogen-bond acceptors (Lipinski definition) is 7. The van der Waals surface area contributed by atoms with E-state index in [0.717, 1.165) is 25.2 Å². The van der Waals surface area contributed by atoms with E-state index in [4.69, 9.17) is 4.74 Å². The van der Waals surface area contributed by atoms with E-state index in [-0.39, 0.29) is 12.0 Å². The normalized spacial score (nSPS) is 19.8. The van der Waals surface area contributed by atoms with E-state index in [2.05, 4.69) is 32.6 Å². The summed E-state index contributed by atoms with van der Waals surface area (Å²) in [6.07, 6.45) is 1.44. The summed E-state index contributed by atoms with van der Waals surface area (Å²) in [6, 6.07) is 8.11. The maximum atomic E-state index is 12.2. The monoisotopic (exact) mass is 417 g/mol. The van der Waals surface area contributed by atoms with Gasteiger partial charge in [0.1, 0.15) is 5.60 Å². The molecule has 2 saturated heterocycles. The Hall–Kier alpha value is -2.39. The van der Waals surface area contributed by atoms with Crippen LogP contribution < -0.4 is 5.32 Å². The lowest BCUT2D eigenvalue weighted by Gasteiger charge is -2.35. The third-order valence-electron chi connectivity index (χ3n) is 4.32. The first-order valence-corrected chi connectivity index (χ1v) is 10.6. The molecular formula is C20H27N5O3S. The van der Waals surface area contributed by atoms with Gasteiger partial charge < -0.3 is 15.0 Å². The molecule has 9 heteroatoms. The molecule has 2 aliphatic heterocycles. The zero-order chi connectivity index (χ0) is 20.9. The van der Waals surface area contributed by atoms with Crippen LogP contribution in [0.15, 0.2) is 34.5 Å². The van der Waals surface area contributed by atoms with Crippen molar-refractivity contribution >= 4 is 35.1 Å². The van der Waals surface area contributed by atoms with E-state index in [0.29, 0.717) is 24.0 Å². The molecule has 0 bridgehead atoms. The Kier molecular flexibility index (Phi) is 6.92. The van der Waals surface area contributed by atoms with Gasteiger partial charge in [0.05, 0.1) is 12.0 Å². The summed E-state index contributed by atoms with van der Waals surface area (Å²) < 4.78 is 5.45. The van der Waals surface area contributed by atoms with Crippen molar-refractivity contribution in [3.63, 3.8) is 0 Å². The third-order valence-corrected chi connectivity index (χ3v) is 5.19. The minimum Gasteiger partial charge on any atom is -0.444 e. The molecule has 0 aliphatic carbocycles. The average molecular weight is 418 g/mol. The van der Waals surface area contributed by atoms with Crippen molar-refractivity contribution in [2.75, 3.05) is 31.9 Å². The molecule has 0 atom stereocenters. The predicted molar refractivity (Wildman–Crippen MR) is 115 cm³/mol. The zero-order valence-corrected chi connectivity index (χ0v) is 17.9. The van der Waals surface area contributed by atoms with E-state index in [1.54, 1.807) is 11.1 Å². The number of rotatable bonds is 4. The zero-order valence-electron chi connectivity index (χ0n) is 17.1. The summed E-state index contributed by atoms with van der Waals surface area (Å²) in [5.41, 5.74) is 1.66. The molecule has 1 aromatic carbocycles. The number of hydrogen-bond donors (Lipinski definition) is 1.